The Morgan fingerprint density at radius 1 is 1.32 bits per heavy atom. The number of H-pyrrole nitrogens is 1. The van der Waals surface area contributed by atoms with Gasteiger partial charge in [-0.2, -0.15) is 0 Å². The van der Waals surface area contributed by atoms with Gasteiger partial charge in [0.1, 0.15) is 11.6 Å². The highest BCUT2D eigenvalue weighted by molar-refractivity contribution is 9.10. The van der Waals surface area contributed by atoms with Crippen molar-refractivity contribution in [2.45, 2.75) is 18.9 Å². The highest BCUT2D eigenvalue weighted by Gasteiger charge is 2.32. The van der Waals surface area contributed by atoms with Gasteiger partial charge in [-0.1, -0.05) is 28.1 Å². The van der Waals surface area contributed by atoms with Gasteiger partial charge in [-0.05, 0) is 43.2 Å². The number of benzene rings is 2. The molecule has 1 aliphatic heterocycles. The number of urea groups is 1. The standard InChI is InChI=1S/C18H16BrFN4O/c19-11-7-8-12(20)15(10-11)23-18(25)24-9-3-6-16(24)17-21-13-4-1-2-5-14(13)22-17/h1-2,4-5,7-8,10,16H,3,6,9H2,(H,21,22)(H,23,25). The van der Waals surface area contributed by atoms with E-state index in [1.165, 1.54) is 6.07 Å². The maximum atomic E-state index is 13.9. The van der Waals surface area contributed by atoms with Crippen molar-refractivity contribution >= 4 is 38.7 Å². The maximum absolute atomic E-state index is 13.9. The Bertz CT molecular complexity index is 909. The van der Waals surface area contributed by atoms with Gasteiger partial charge in [0.25, 0.3) is 0 Å². The highest BCUT2D eigenvalue weighted by atomic mass is 79.9. The first kappa shape index (κ1) is 16.1. The molecular weight excluding hydrogens is 387 g/mol. The lowest BCUT2D eigenvalue weighted by molar-refractivity contribution is 0.205. The van der Waals surface area contributed by atoms with E-state index in [-0.39, 0.29) is 17.8 Å². The zero-order chi connectivity index (χ0) is 17.4. The first-order valence-electron chi connectivity index (χ1n) is 8.09. The van der Waals surface area contributed by atoms with Crippen LogP contribution in [0.1, 0.15) is 24.7 Å². The average Bonchev–Trinajstić information content (AvgIpc) is 3.24. The van der Waals surface area contributed by atoms with Crippen LogP contribution in [0.5, 0.6) is 0 Å². The number of nitrogens with zero attached hydrogens (tertiary/aromatic N) is 2. The van der Waals surface area contributed by atoms with E-state index < -0.39 is 5.82 Å². The van der Waals surface area contributed by atoms with Gasteiger partial charge in [-0.15, -0.1) is 0 Å². The summed E-state index contributed by atoms with van der Waals surface area (Å²) < 4.78 is 14.6. The molecule has 1 aliphatic rings. The summed E-state index contributed by atoms with van der Waals surface area (Å²) in [6.07, 6.45) is 1.71. The van der Waals surface area contributed by atoms with Crippen molar-refractivity contribution in [3.63, 3.8) is 0 Å². The number of hydrogen-bond donors (Lipinski definition) is 2. The van der Waals surface area contributed by atoms with Gasteiger partial charge in [0.2, 0.25) is 0 Å². The Kier molecular flexibility index (Phi) is 4.17. The summed E-state index contributed by atoms with van der Waals surface area (Å²) >= 11 is 3.29. The summed E-state index contributed by atoms with van der Waals surface area (Å²) in [5, 5.41) is 2.67. The molecule has 7 heteroatoms. The summed E-state index contributed by atoms with van der Waals surface area (Å²) in [6, 6.07) is 11.8. The number of imidazole rings is 1. The van der Waals surface area contributed by atoms with Gasteiger partial charge in [0, 0.05) is 11.0 Å². The number of carbonyl (C=O) groups is 1. The fraction of sp³-hybridized carbons (Fsp3) is 0.222. The first-order chi connectivity index (χ1) is 12.1. The second kappa shape index (κ2) is 6.48. The highest BCUT2D eigenvalue weighted by Crippen LogP contribution is 2.32. The number of carbonyl (C=O) groups excluding carboxylic acids is 1. The van der Waals surface area contributed by atoms with Crippen LogP contribution in [-0.2, 0) is 0 Å². The van der Waals surface area contributed by atoms with Crippen molar-refractivity contribution < 1.29 is 9.18 Å². The van der Waals surface area contributed by atoms with E-state index in [2.05, 4.69) is 31.2 Å². The van der Waals surface area contributed by atoms with Gasteiger partial charge < -0.3 is 15.2 Å². The zero-order valence-electron chi connectivity index (χ0n) is 13.3. The molecule has 128 valence electrons. The molecule has 0 saturated carbocycles. The molecular formula is C18H16BrFN4O. The molecule has 1 unspecified atom stereocenters. The fourth-order valence-electron chi connectivity index (χ4n) is 3.20. The van der Waals surface area contributed by atoms with Crippen LogP contribution in [0.15, 0.2) is 46.9 Å². The Morgan fingerprint density at radius 3 is 3.00 bits per heavy atom. The minimum Gasteiger partial charge on any atom is -0.340 e. The molecule has 4 rings (SSSR count). The molecule has 2 heterocycles. The largest absolute Gasteiger partial charge is 0.340 e. The first-order valence-corrected chi connectivity index (χ1v) is 8.88. The van der Waals surface area contributed by atoms with Gasteiger partial charge >= 0.3 is 6.03 Å². The number of likely N-dealkylation sites (tertiary alicyclic amines) is 1. The second-order valence-electron chi connectivity index (χ2n) is 6.04. The smallest absolute Gasteiger partial charge is 0.322 e. The predicted octanol–water partition coefficient (Wildman–Crippen LogP) is 4.83. The molecule has 0 bridgehead atoms. The van der Waals surface area contributed by atoms with Crippen LogP contribution in [0, 0.1) is 5.82 Å². The minimum absolute atomic E-state index is 0.136. The third-order valence-corrected chi connectivity index (χ3v) is 4.90. The molecule has 0 aliphatic carbocycles. The molecule has 0 radical (unpaired) electrons. The minimum atomic E-state index is -0.462. The molecule has 1 fully saturated rings. The molecule has 2 N–H and O–H groups in total. The number of aromatic nitrogens is 2. The molecule has 25 heavy (non-hydrogen) atoms. The third-order valence-electron chi connectivity index (χ3n) is 4.41. The fourth-order valence-corrected chi connectivity index (χ4v) is 3.57. The van der Waals surface area contributed by atoms with Gasteiger partial charge in [0.15, 0.2) is 0 Å². The topological polar surface area (TPSA) is 61.0 Å². The Labute approximate surface area is 152 Å². The van der Waals surface area contributed by atoms with E-state index >= 15 is 0 Å². The Hall–Kier alpha value is -2.41. The average molecular weight is 403 g/mol. The molecule has 2 aromatic carbocycles. The number of fused-ring (bicyclic) bond motifs is 1. The number of aromatic amines is 1. The van der Waals surface area contributed by atoms with Crippen LogP contribution in [0.2, 0.25) is 0 Å². The van der Waals surface area contributed by atoms with E-state index in [1.54, 1.807) is 17.0 Å². The predicted molar refractivity (Wildman–Crippen MR) is 97.9 cm³/mol. The van der Waals surface area contributed by atoms with E-state index in [4.69, 9.17) is 0 Å². The maximum Gasteiger partial charge on any atom is 0.322 e. The monoisotopic (exact) mass is 402 g/mol. The lowest BCUT2D eigenvalue weighted by Gasteiger charge is -2.23. The number of amides is 2. The van der Waals surface area contributed by atoms with Gasteiger partial charge in [-0.3, -0.25) is 0 Å². The lowest BCUT2D eigenvalue weighted by atomic mass is 10.2. The van der Waals surface area contributed by atoms with E-state index in [0.717, 1.165) is 29.7 Å². The molecule has 5 nitrogen and oxygen atoms in total. The molecule has 2 amide bonds. The van der Waals surface area contributed by atoms with E-state index in [0.29, 0.717) is 11.0 Å². The van der Waals surface area contributed by atoms with E-state index in [1.807, 2.05) is 24.3 Å². The number of nitrogens with one attached hydrogen (secondary N) is 2. The summed E-state index contributed by atoms with van der Waals surface area (Å²) in [5.41, 5.74) is 1.99. The quantitative estimate of drug-likeness (QED) is 0.644. The lowest BCUT2D eigenvalue weighted by Crippen LogP contribution is -2.35. The molecule has 1 atom stereocenters. The molecule has 1 aromatic heterocycles. The Balaban J connectivity index is 1.58. The number of halogens is 2. The van der Waals surface area contributed by atoms with Crippen molar-refractivity contribution in [2.75, 3.05) is 11.9 Å². The van der Waals surface area contributed by atoms with E-state index in [9.17, 15) is 9.18 Å². The number of anilines is 1. The van der Waals surface area contributed by atoms with Crippen molar-refractivity contribution in [3.8, 4) is 0 Å². The second-order valence-corrected chi connectivity index (χ2v) is 6.96. The summed E-state index contributed by atoms with van der Waals surface area (Å²) in [5.74, 6) is 0.305. The number of hydrogen-bond acceptors (Lipinski definition) is 2. The Morgan fingerprint density at radius 2 is 2.16 bits per heavy atom. The number of para-hydroxylation sites is 2. The summed E-state index contributed by atoms with van der Waals surface area (Å²) in [6.45, 7) is 0.614. The van der Waals surface area contributed by atoms with Crippen molar-refractivity contribution in [2.24, 2.45) is 0 Å². The van der Waals surface area contributed by atoms with Crippen LogP contribution in [0.3, 0.4) is 0 Å². The van der Waals surface area contributed by atoms with Gasteiger partial charge in [-0.25, -0.2) is 14.2 Å². The molecule has 3 aromatic rings. The van der Waals surface area contributed by atoms with Crippen LogP contribution in [0.25, 0.3) is 11.0 Å². The summed E-state index contributed by atoms with van der Waals surface area (Å²) in [7, 11) is 0. The third kappa shape index (κ3) is 3.11. The van der Waals surface area contributed by atoms with Crippen molar-refractivity contribution in [3.05, 3.63) is 58.6 Å². The van der Waals surface area contributed by atoms with Gasteiger partial charge in [0.05, 0.1) is 22.8 Å². The van der Waals surface area contributed by atoms with Crippen LogP contribution in [0.4, 0.5) is 14.9 Å². The van der Waals surface area contributed by atoms with Crippen LogP contribution < -0.4 is 5.32 Å². The normalized spacial score (nSPS) is 17.2. The number of rotatable bonds is 2. The SMILES string of the molecule is O=C(Nc1cc(Br)ccc1F)N1CCCC1c1nc2ccccc2[nH]1. The van der Waals surface area contributed by atoms with Crippen LogP contribution in [-0.4, -0.2) is 27.4 Å². The van der Waals surface area contributed by atoms with Crippen LogP contribution >= 0.6 is 15.9 Å². The molecule has 1 saturated heterocycles. The zero-order valence-corrected chi connectivity index (χ0v) is 14.9. The van der Waals surface area contributed by atoms with Crippen molar-refractivity contribution in [1.29, 1.82) is 0 Å². The van der Waals surface area contributed by atoms with Crippen molar-refractivity contribution in [1.82, 2.24) is 14.9 Å². The summed E-state index contributed by atoms with van der Waals surface area (Å²) in [4.78, 5) is 22.3. The molecule has 0 spiro atoms.